The summed E-state index contributed by atoms with van der Waals surface area (Å²) in [5, 5.41) is 23.7. The van der Waals surface area contributed by atoms with Crippen molar-refractivity contribution >= 4 is 40.7 Å². The number of alkyl carbamates (subject to hydrolysis) is 1. The molecule has 1 aliphatic rings. The largest absolute Gasteiger partial charge is 0.444 e. The number of carbonyl (C=O) groups is 3. The first-order chi connectivity index (χ1) is 24.1. The number of urea groups is 1. The van der Waals surface area contributed by atoms with Crippen molar-refractivity contribution in [2.24, 2.45) is 5.92 Å². The summed E-state index contributed by atoms with van der Waals surface area (Å²) in [6, 6.07) is 16.9. The van der Waals surface area contributed by atoms with Gasteiger partial charge in [-0.2, -0.15) is 0 Å². The van der Waals surface area contributed by atoms with Crippen molar-refractivity contribution in [2.75, 3.05) is 7.05 Å². The van der Waals surface area contributed by atoms with E-state index in [0.29, 0.717) is 25.3 Å². The molecule has 0 bridgehead atoms. The molecule has 4 aromatic rings. The van der Waals surface area contributed by atoms with E-state index in [1.165, 1.54) is 29.1 Å². The molecule has 2 aromatic carbocycles. The average Bonchev–Trinajstić information content (AvgIpc) is 3.61. The number of amides is 4. The number of rotatable bonds is 17. The van der Waals surface area contributed by atoms with Crippen molar-refractivity contribution in [3.05, 3.63) is 104 Å². The van der Waals surface area contributed by atoms with Gasteiger partial charge < -0.3 is 30.7 Å². The van der Waals surface area contributed by atoms with Gasteiger partial charge in [0.1, 0.15) is 12.6 Å². The predicted molar refractivity (Wildman–Crippen MR) is 195 cm³/mol. The Morgan fingerprint density at radius 2 is 1.64 bits per heavy atom. The zero-order valence-corrected chi connectivity index (χ0v) is 30.3. The van der Waals surface area contributed by atoms with Crippen LogP contribution in [0.5, 0.6) is 0 Å². The molecule has 0 saturated heterocycles. The van der Waals surface area contributed by atoms with E-state index < -0.39 is 30.3 Å². The first-order valence-electron chi connectivity index (χ1n) is 17.0. The van der Waals surface area contributed by atoms with Gasteiger partial charge in [0.25, 0.3) is 0 Å². The predicted octanol–water partition coefficient (Wildman–Crippen LogP) is 5.66. The summed E-state index contributed by atoms with van der Waals surface area (Å²) < 4.78 is 5.43. The normalized spacial score (nSPS) is 15.1. The first-order valence-corrected chi connectivity index (χ1v) is 18.7. The van der Waals surface area contributed by atoms with Crippen molar-refractivity contribution in [1.82, 2.24) is 30.8 Å². The van der Waals surface area contributed by atoms with Crippen molar-refractivity contribution < 1.29 is 24.2 Å². The maximum Gasteiger partial charge on any atom is 0.407 e. The van der Waals surface area contributed by atoms with Gasteiger partial charge in [0.15, 0.2) is 0 Å². The lowest BCUT2D eigenvalue weighted by Gasteiger charge is -2.30. The second-order valence-electron chi connectivity index (χ2n) is 13.2. The Hall–Kier alpha value is -4.33. The molecule has 4 amide bonds. The van der Waals surface area contributed by atoms with E-state index in [1.54, 1.807) is 30.1 Å². The third-order valence-electron chi connectivity index (χ3n) is 8.56. The molecule has 50 heavy (non-hydrogen) atoms. The van der Waals surface area contributed by atoms with Gasteiger partial charge in [-0.3, -0.25) is 9.78 Å². The number of nitrogens with zero attached hydrogens (tertiary/aromatic N) is 3. The van der Waals surface area contributed by atoms with Crippen molar-refractivity contribution in [3.63, 3.8) is 0 Å². The number of nitrogens with one attached hydrogen (secondary N) is 3. The monoisotopic (exact) mass is 718 g/mol. The second kappa shape index (κ2) is 18.1. The summed E-state index contributed by atoms with van der Waals surface area (Å²) >= 11 is 3.01. The molecule has 266 valence electrons. The van der Waals surface area contributed by atoms with Crippen LogP contribution in [0.1, 0.15) is 65.7 Å². The Morgan fingerprint density at radius 3 is 2.26 bits per heavy atom. The Balaban J connectivity index is 1.26. The number of thiazole rings is 2. The minimum absolute atomic E-state index is 0.0696. The molecule has 0 unspecified atom stereocenters. The Kier molecular flexibility index (Phi) is 13.3. The summed E-state index contributed by atoms with van der Waals surface area (Å²) in [6.45, 7) is 4.17. The number of aromatic nitrogens is 2. The fraction of sp³-hybridized carbons (Fsp3) is 0.432. The number of hydrogen-bond donors (Lipinski definition) is 4. The van der Waals surface area contributed by atoms with E-state index in [0.717, 1.165) is 26.7 Å². The molecule has 4 atom stereocenters. The van der Waals surface area contributed by atoms with Gasteiger partial charge >= 0.3 is 12.1 Å². The van der Waals surface area contributed by atoms with E-state index in [9.17, 15) is 19.5 Å². The van der Waals surface area contributed by atoms with E-state index in [2.05, 4.69) is 25.9 Å². The van der Waals surface area contributed by atoms with E-state index in [-0.39, 0.29) is 30.9 Å². The summed E-state index contributed by atoms with van der Waals surface area (Å²) in [7, 11) is 1.69. The average molecular weight is 719 g/mol. The number of aliphatic hydroxyl groups is 1. The van der Waals surface area contributed by atoms with Crippen LogP contribution in [-0.4, -0.2) is 69.3 Å². The van der Waals surface area contributed by atoms with Crippen LogP contribution in [0.2, 0.25) is 0 Å². The summed E-state index contributed by atoms with van der Waals surface area (Å²) in [5.41, 5.74) is 4.40. The fourth-order valence-electron chi connectivity index (χ4n) is 5.64. The molecule has 0 spiro atoms. The molecular weight excluding hydrogens is 673 g/mol. The van der Waals surface area contributed by atoms with Crippen LogP contribution < -0.4 is 16.0 Å². The van der Waals surface area contributed by atoms with Crippen LogP contribution in [0.25, 0.3) is 0 Å². The van der Waals surface area contributed by atoms with Crippen LogP contribution in [0.3, 0.4) is 0 Å². The van der Waals surface area contributed by atoms with E-state index >= 15 is 0 Å². The molecule has 5 rings (SSSR count). The summed E-state index contributed by atoms with van der Waals surface area (Å²) in [6.07, 6.45) is 3.20. The van der Waals surface area contributed by atoms with Crippen LogP contribution in [0, 0.1) is 5.92 Å². The van der Waals surface area contributed by atoms with Crippen LogP contribution in [0.4, 0.5) is 9.59 Å². The molecule has 11 nitrogen and oxygen atoms in total. The maximum absolute atomic E-state index is 13.9. The molecular formula is C37H46N6O5S2. The highest BCUT2D eigenvalue weighted by Gasteiger charge is 2.31. The van der Waals surface area contributed by atoms with Gasteiger partial charge in [0.2, 0.25) is 5.91 Å². The fourth-order valence-corrected chi connectivity index (χ4v) is 7.13. The Morgan fingerprint density at radius 1 is 0.960 bits per heavy atom. The molecule has 13 heteroatoms. The van der Waals surface area contributed by atoms with Crippen LogP contribution in [-0.2, 0) is 35.5 Å². The Labute approximate surface area is 301 Å². The number of benzene rings is 2. The molecule has 1 fully saturated rings. The second-order valence-corrected chi connectivity index (χ2v) is 15.0. The molecule has 2 heterocycles. The number of aliphatic hydroxyl groups excluding tert-OH is 1. The van der Waals surface area contributed by atoms with Gasteiger partial charge in [-0.05, 0) is 49.1 Å². The minimum atomic E-state index is -1.04. The smallest absolute Gasteiger partial charge is 0.407 e. The lowest BCUT2D eigenvalue weighted by atomic mass is 9.93. The highest BCUT2D eigenvalue weighted by atomic mass is 32.1. The molecule has 1 aliphatic carbocycles. The highest BCUT2D eigenvalue weighted by Crippen LogP contribution is 2.41. The van der Waals surface area contributed by atoms with Gasteiger partial charge in [0, 0.05) is 30.6 Å². The third kappa shape index (κ3) is 11.4. The highest BCUT2D eigenvalue weighted by molar-refractivity contribution is 7.10. The molecule has 0 radical (unpaired) electrons. The zero-order valence-electron chi connectivity index (χ0n) is 28.7. The Bertz CT molecular complexity index is 1650. The molecule has 1 saturated carbocycles. The zero-order chi connectivity index (χ0) is 35.5. The molecule has 4 N–H and O–H groups in total. The maximum atomic E-state index is 13.9. The van der Waals surface area contributed by atoms with Crippen LogP contribution >= 0.6 is 22.7 Å². The van der Waals surface area contributed by atoms with Crippen molar-refractivity contribution in [2.45, 2.75) is 89.3 Å². The van der Waals surface area contributed by atoms with Gasteiger partial charge in [-0.15, -0.1) is 22.7 Å². The van der Waals surface area contributed by atoms with Gasteiger partial charge in [-0.1, -0.05) is 74.5 Å². The number of hydrogen-bond acceptors (Lipinski definition) is 9. The van der Waals surface area contributed by atoms with Gasteiger partial charge in [-0.25, -0.2) is 14.6 Å². The number of ether oxygens (including phenoxy) is 1. The van der Waals surface area contributed by atoms with E-state index in [4.69, 9.17) is 4.74 Å². The lowest BCUT2D eigenvalue weighted by molar-refractivity contribution is -0.124. The molecule has 0 aliphatic heterocycles. The van der Waals surface area contributed by atoms with Crippen LogP contribution in [0.15, 0.2) is 77.8 Å². The standard InChI is InChI=1S/C37H46N6O5S2/c1-24(2)33(42-36(46)43(3)20-29-22-49-35(40-29)27-14-15-27)34(45)39-28(16-25-10-6-4-7-11-25)18-32(44)31(17-26-12-8-5-9-13-26)41-37(47)48-21-30-19-38-23-50-30/h4-13,19,22-24,27-28,31-33,44H,14-18,20-21H2,1-3H3,(H,39,45)(H,41,47)(H,42,46)/t28-,31-,32-,33-/m0/s1. The van der Waals surface area contributed by atoms with Crippen molar-refractivity contribution in [3.8, 4) is 0 Å². The number of carbonyl (C=O) groups excluding carboxylic acids is 3. The quantitative estimate of drug-likeness (QED) is 0.110. The SMILES string of the molecule is CC(C)[C@H](NC(=O)N(C)Cc1csc(C2CC2)n1)C(=O)N[C@@H](Cc1ccccc1)C[C@H](O)[C@H](Cc1ccccc1)NC(=O)OCc1cncs1. The van der Waals surface area contributed by atoms with E-state index in [1.807, 2.05) is 79.9 Å². The lowest BCUT2D eigenvalue weighted by Crippen LogP contribution is -2.55. The summed E-state index contributed by atoms with van der Waals surface area (Å²) in [4.78, 5) is 51.1. The topological polar surface area (TPSA) is 146 Å². The third-order valence-corrected chi connectivity index (χ3v) is 10.4. The minimum Gasteiger partial charge on any atom is -0.444 e. The van der Waals surface area contributed by atoms with Crippen molar-refractivity contribution in [1.29, 1.82) is 0 Å². The summed E-state index contributed by atoms with van der Waals surface area (Å²) in [5.74, 6) is -0.0102. The molecule has 2 aromatic heterocycles. The van der Waals surface area contributed by atoms with Gasteiger partial charge in [0.05, 0.1) is 39.8 Å². The first kappa shape index (κ1) is 36.9.